The molecule has 0 aliphatic rings. The third-order valence-electron chi connectivity index (χ3n) is 1.28. The third kappa shape index (κ3) is 1.26. The van der Waals surface area contributed by atoms with Crippen molar-refractivity contribution in [1.29, 1.82) is 0 Å². The lowest BCUT2D eigenvalue weighted by Crippen LogP contribution is -1.94. The van der Waals surface area contributed by atoms with Crippen molar-refractivity contribution in [3.05, 3.63) is 28.1 Å². The first-order valence-electron chi connectivity index (χ1n) is 2.94. The van der Waals surface area contributed by atoms with Gasteiger partial charge in [-0.3, -0.25) is 10.1 Å². The summed E-state index contributed by atoms with van der Waals surface area (Å²) in [6, 6.07) is 1.41. The van der Waals surface area contributed by atoms with Gasteiger partial charge in [0.05, 0.1) is 16.7 Å². The van der Waals surface area contributed by atoms with E-state index in [4.69, 9.17) is 10.8 Å². The Labute approximate surface area is 66.4 Å². The molecule has 0 aromatic heterocycles. The maximum atomic E-state index is 12.5. The van der Waals surface area contributed by atoms with Crippen molar-refractivity contribution in [2.45, 2.75) is 0 Å². The van der Waals surface area contributed by atoms with Gasteiger partial charge in [-0.05, 0) is 0 Å². The molecule has 0 amide bonds. The Hall–Kier alpha value is -1.85. The van der Waals surface area contributed by atoms with Crippen LogP contribution in [0, 0.1) is 15.9 Å². The highest BCUT2D eigenvalue weighted by molar-refractivity contribution is 5.62. The van der Waals surface area contributed by atoms with Gasteiger partial charge in [-0.2, -0.15) is 0 Å². The number of anilines is 1. The number of aromatic hydroxyl groups is 1. The molecule has 6 heteroatoms. The van der Waals surface area contributed by atoms with Gasteiger partial charge in [0.1, 0.15) is 5.82 Å². The van der Waals surface area contributed by atoms with E-state index in [1.54, 1.807) is 0 Å². The average Bonchev–Trinajstić information content (AvgIpc) is 1.96. The van der Waals surface area contributed by atoms with E-state index in [0.717, 1.165) is 6.07 Å². The van der Waals surface area contributed by atoms with E-state index in [2.05, 4.69) is 0 Å². The van der Waals surface area contributed by atoms with Crippen LogP contribution in [0.4, 0.5) is 15.8 Å². The molecule has 0 aliphatic carbocycles. The van der Waals surface area contributed by atoms with Crippen LogP contribution in [-0.2, 0) is 0 Å². The molecule has 0 spiro atoms. The van der Waals surface area contributed by atoms with Crippen LogP contribution in [-0.4, -0.2) is 10.0 Å². The molecular formula is C6H5FN2O3. The second-order valence-corrected chi connectivity index (χ2v) is 2.12. The molecule has 0 bridgehead atoms. The lowest BCUT2D eigenvalue weighted by atomic mass is 10.2. The normalized spacial score (nSPS) is 9.75. The monoisotopic (exact) mass is 172 g/mol. The van der Waals surface area contributed by atoms with Crippen LogP contribution in [0.3, 0.4) is 0 Å². The molecule has 5 nitrogen and oxygen atoms in total. The smallest absolute Gasteiger partial charge is 0.315 e. The van der Waals surface area contributed by atoms with Crippen LogP contribution in [0.1, 0.15) is 0 Å². The summed E-state index contributed by atoms with van der Waals surface area (Å²) in [6.45, 7) is 0. The molecule has 1 rings (SSSR count). The SMILES string of the molecule is Nc1cc(F)cc([N+](=O)[O-])c1O. The highest BCUT2D eigenvalue weighted by atomic mass is 19.1. The maximum absolute atomic E-state index is 12.5. The number of rotatable bonds is 1. The van der Waals surface area contributed by atoms with Crippen LogP contribution in [0.5, 0.6) is 5.75 Å². The summed E-state index contributed by atoms with van der Waals surface area (Å²) in [5.41, 5.74) is 3.99. The molecule has 0 heterocycles. The molecule has 64 valence electrons. The number of nitrogens with two attached hydrogens (primary N) is 1. The number of nitrogen functional groups attached to an aromatic ring is 1. The molecule has 0 aliphatic heterocycles. The lowest BCUT2D eigenvalue weighted by Gasteiger charge is -1.98. The summed E-state index contributed by atoms with van der Waals surface area (Å²) in [7, 11) is 0. The van der Waals surface area contributed by atoms with E-state index in [1.165, 1.54) is 0 Å². The van der Waals surface area contributed by atoms with Crippen molar-refractivity contribution < 1.29 is 14.4 Å². The Bertz CT molecular complexity index is 340. The molecule has 1 aromatic rings. The lowest BCUT2D eigenvalue weighted by molar-refractivity contribution is -0.386. The van der Waals surface area contributed by atoms with Gasteiger partial charge in [-0.15, -0.1) is 0 Å². The molecule has 0 unspecified atom stereocenters. The van der Waals surface area contributed by atoms with E-state index in [9.17, 15) is 14.5 Å². The molecule has 0 fully saturated rings. The summed E-state index contributed by atoms with van der Waals surface area (Å²) in [4.78, 5) is 9.24. The first kappa shape index (κ1) is 8.25. The first-order chi connectivity index (χ1) is 5.52. The average molecular weight is 172 g/mol. The van der Waals surface area contributed by atoms with Gasteiger partial charge >= 0.3 is 5.69 Å². The minimum atomic E-state index is -0.908. The predicted octanol–water partition coefficient (Wildman–Crippen LogP) is 1.02. The van der Waals surface area contributed by atoms with Gasteiger partial charge in [0.15, 0.2) is 0 Å². The van der Waals surface area contributed by atoms with Gasteiger partial charge in [-0.25, -0.2) is 4.39 Å². The van der Waals surface area contributed by atoms with Crippen molar-refractivity contribution in [2.75, 3.05) is 5.73 Å². The first-order valence-corrected chi connectivity index (χ1v) is 2.94. The molecule has 3 N–H and O–H groups in total. The number of halogens is 1. The van der Waals surface area contributed by atoms with Crippen molar-refractivity contribution in [2.24, 2.45) is 0 Å². The second kappa shape index (κ2) is 2.65. The third-order valence-corrected chi connectivity index (χ3v) is 1.28. The van der Waals surface area contributed by atoms with E-state index in [1.807, 2.05) is 0 Å². The van der Waals surface area contributed by atoms with Crippen molar-refractivity contribution in [1.82, 2.24) is 0 Å². The zero-order valence-electron chi connectivity index (χ0n) is 5.82. The Kier molecular flexibility index (Phi) is 1.82. The Morgan fingerprint density at radius 2 is 2.17 bits per heavy atom. The quantitative estimate of drug-likeness (QED) is 0.286. The van der Waals surface area contributed by atoms with Crippen molar-refractivity contribution in [3.63, 3.8) is 0 Å². The largest absolute Gasteiger partial charge is 0.501 e. The zero-order valence-corrected chi connectivity index (χ0v) is 5.82. The number of phenolic OH excluding ortho intramolecular Hbond substituents is 1. The molecule has 0 radical (unpaired) electrons. The van der Waals surface area contributed by atoms with Gasteiger partial charge in [-0.1, -0.05) is 0 Å². The van der Waals surface area contributed by atoms with Crippen LogP contribution in [0.25, 0.3) is 0 Å². The maximum Gasteiger partial charge on any atom is 0.315 e. The van der Waals surface area contributed by atoms with Gasteiger partial charge in [0.2, 0.25) is 5.75 Å². The Balaban J connectivity index is 3.37. The van der Waals surface area contributed by atoms with Crippen molar-refractivity contribution in [3.8, 4) is 5.75 Å². The molecular weight excluding hydrogens is 167 g/mol. The van der Waals surface area contributed by atoms with Gasteiger partial charge in [0.25, 0.3) is 0 Å². The highest BCUT2D eigenvalue weighted by Crippen LogP contribution is 2.32. The highest BCUT2D eigenvalue weighted by Gasteiger charge is 2.17. The molecule has 12 heavy (non-hydrogen) atoms. The van der Waals surface area contributed by atoms with Crippen LogP contribution in [0.2, 0.25) is 0 Å². The fourth-order valence-electron chi connectivity index (χ4n) is 0.745. The summed E-state index contributed by atoms with van der Waals surface area (Å²) in [6.07, 6.45) is 0. The fraction of sp³-hybridized carbons (Fsp3) is 0. The zero-order chi connectivity index (χ0) is 9.30. The Morgan fingerprint density at radius 3 is 2.67 bits per heavy atom. The topological polar surface area (TPSA) is 89.4 Å². The summed E-state index contributed by atoms with van der Waals surface area (Å²) in [5, 5.41) is 19.1. The minimum Gasteiger partial charge on any atom is -0.501 e. The van der Waals surface area contributed by atoms with Crippen LogP contribution >= 0.6 is 0 Å². The Morgan fingerprint density at radius 1 is 1.58 bits per heavy atom. The van der Waals surface area contributed by atoms with Gasteiger partial charge in [0, 0.05) is 6.07 Å². The summed E-state index contributed by atoms with van der Waals surface area (Å²) < 4.78 is 12.5. The number of nitrogens with zero attached hydrogens (tertiary/aromatic N) is 1. The number of hydrogen-bond acceptors (Lipinski definition) is 4. The van der Waals surface area contributed by atoms with Crippen molar-refractivity contribution >= 4 is 11.4 Å². The van der Waals surface area contributed by atoms with E-state index >= 15 is 0 Å². The molecule has 1 aromatic carbocycles. The standard InChI is InChI=1S/C6H5FN2O3/c7-3-1-4(8)6(10)5(2-3)9(11)12/h1-2,10H,8H2. The van der Waals surface area contributed by atoms with E-state index in [0.29, 0.717) is 6.07 Å². The summed E-state index contributed by atoms with van der Waals surface area (Å²) in [5.74, 6) is -1.56. The predicted molar refractivity (Wildman–Crippen MR) is 39.1 cm³/mol. The van der Waals surface area contributed by atoms with Gasteiger partial charge < -0.3 is 10.8 Å². The number of nitro groups is 1. The number of phenols is 1. The molecule has 0 saturated carbocycles. The second-order valence-electron chi connectivity index (χ2n) is 2.12. The number of hydrogen-bond donors (Lipinski definition) is 2. The minimum absolute atomic E-state index is 0.346. The van der Waals surface area contributed by atoms with E-state index < -0.39 is 22.2 Å². The number of nitro benzene ring substituents is 1. The summed E-state index contributed by atoms with van der Waals surface area (Å²) >= 11 is 0. The van der Waals surface area contributed by atoms with E-state index in [-0.39, 0.29) is 5.69 Å². The van der Waals surface area contributed by atoms with Crippen LogP contribution in [0.15, 0.2) is 12.1 Å². The van der Waals surface area contributed by atoms with Crippen LogP contribution < -0.4 is 5.73 Å². The number of benzene rings is 1. The fourth-order valence-corrected chi connectivity index (χ4v) is 0.745. The molecule has 0 atom stereocenters. The molecule has 0 saturated heterocycles.